The van der Waals surface area contributed by atoms with Gasteiger partial charge in [0.15, 0.2) is 0 Å². The van der Waals surface area contributed by atoms with E-state index < -0.39 is 0 Å². The van der Waals surface area contributed by atoms with E-state index in [1.807, 2.05) is 0 Å². The molecule has 2 unspecified atom stereocenters. The molecular weight excluding hydrogens is 170 g/mol. The summed E-state index contributed by atoms with van der Waals surface area (Å²) in [4.78, 5) is 0. The molecule has 76 valence electrons. The van der Waals surface area contributed by atoms with Crippen molar-refractivity contribution in [2.45, 2.75) is 32.7 Å². The second-order valence-electron chi connectivity index (χ2n) is 4.59. The minimum atomic E-state index is 0.564. The van der Waals surface area contributed by atoms with E-state index in [0.717, 1.165) is 5.92 Å². The minimum Gasteiger partial charge on any atom is -0.313 e. The van der Waals surface area contributed by atoms with Gasteiger partial charge in [0.25, 0.3) is 0 Å². The van der Waals surface area contributed by atoms with Crippen LogP contribution in [-0.2, 0) is 6.42 Å². The fraction of sp³-hybridized carbons (Fsp3) is 0.538. The summed E-state index contributed by atoms with van der Waals surface area (Å²) < 4.78 is 0. The van der Waals surface area contributed by atoms with Crippen molar-refractivity contribution in [3.8, 4) is 0 Å². The van der Waals surface area contributed by atoms with Gasteiger partial charge < -0.3 is 5.32 Å². The normalized spacial score (nSPS) is 25.9. The van der Waals surface area contributed by atoms with Crippen molar-refractivity contribution in [2.75, 3.05) is 7.05 Å². The van der Waals surface area contributed by atoms with Crippen LogP contribution in [0.1, 0.15) is 36.1 Å². The van der Waals surface area contributed by atoms with Crippen LogP contribution in [0.25, 0.3) is 0 Å². The lowest BCUT2D eigenvalue weighted by Gasteiger charge is -2.29. The fourth-order valence-corrected chi connectivity index (χ4v) is 2.51. The van der Waals surface area contributed by atoms with Crippen molar-refractivity contribution in [2.24, 2.45) is 5.92 Å². The molecule has 0 fully saturated rings. The smallest absolute Gasteiger partial charge is 0.0322 e. The quantitative estimate of drug-likeness (QED) is 0.716. The van der Waals surface area contributed by atoms with Crippen LogP contribution in [-0.4, -0.2) is 7.05 Å². The zero-order valence-electron chi connectivity index (χ0n) is 9.30. The van der Waals surface area contributed by atoms with Crippen molar-refractivity contribution >= 4 is 0 Å². The predicted molar refractivity (Wildman–Crippen MR) is 60.5 cm³/mol. The number of fused-ring (bicyclic) bond motifs is 1. The van der Waals surface area contributed by atoms with Crippen LogP contribution in [0.5, 0.6) is 0 Å². The second kappa shape index (κ2) is 3.74. The van der Waals surface area contributed by atoms with Gasteiger partial charge in [-0.05, 0) is 43.9 Å². The van der Waals surface area contributed by atoms with Crippen molar-refractivity contribution in [3.63, 3.8) is 0 Å². The van der Waals surface area contributed by atoms with Gasteiger partial charge in [0.05, 0.1) is 0 Å². The number of hydrogen-bond acceptors (Lipinski definition) is 1. The van der Waals surface area contributed by atoms with Gasteiger partial charge in [-0.2, -0.15) is 0 Å². The molecule has 0 heterocycles. The van der Waals surface area contributed by atoms with Gasteiger partial charge >= 0.3 is 0 Å². The topological polar surface area (TPSA) is 12.0 Å². The summed E-state index contributed by atoms with van der Waals surface area (Å²) in [6, 6.07) is 7.42. The number of rotatable bonds is 1. The van der Waals surface area contributed by atoms with Gasteiger partial charge in [-0.1, -0.05) is 30.7 Å². The Morgan fingerprint density at radius 1 is 1.36 bits per heavy atom. The van der Waals surface area contributed by atoms with Gasteiger partial charge in [-0.3, -0.25) is 0 Å². The molecule has 2 rings (SSSR count). The average molecular weight is 189 g/mol. The standard InChI is InChI=1S/C13H19N/c1-9-4-5-12-11(6-9)7-10(2)8-13(12)14-3/h4-6,10,13-14H,7-8H2,1-3H3. The number of hydrogen-bond donors (Lipinski definition) is 1. The molecule has 0 amide bonds. The molecule has 0 aromatic heterocycles. The highest BCUT2D eigenvalue weighted by Gasteiger charge is 2.22. The zero-order chi connectivity index (χ0) is 10.1. The molecule has 0 bridgehead atoms. The van der Waals surface area contributed by atoms with E-state index in [0.29, 0.717) is 6.04 Å². The monoisotopic (exact) mass is 189 g/mol. The van der Waals surface area contributed by atoms with Gasteiger partial charge in [-0.25, -0.2) is 0 Å². The van der Waals surface area contributed by atoms with Crippen LogP contribution < -0.4 is 5.32 Å². The first-order chi connectivity index (χ1) is 6.70. The van der Waals surface area contributed by atoms with Crippen molar-refractivity contribution in [1.82, 2.24) is 5.32 Å². The first-order valence-corrected chi connectivity index (χ1v) is 5.47. The van der Waals surface area contributed by atoms with E-state index in [9.17, 15) is 0 Å². The molecule has 1 N–H and O–H groups in total. The SMILES string of the molecule is CNC1CC(C)Cc2cc(C)ccc21. The summed E-state index contributed by atoms with van der Waals surface area (Å²) in [5, 5.41) is 3.41. The summed E-state index contributed by atoms with van der Waals surface area (Å²) in [5.74, 6) is 0.807. The molecule has 1 heteroatoms. The van der Waals surface area contributed by atoms with Gasteiger partial charge in [-0.15, -0.1) is 0 Å². The maximum absolute atomic E-state index is 3.41. The minimum absolute atomic E-state index is 0.564. The molecule has 1 aliphatic rings. The lowest BCUT2D eigenvalue weighted by atomic mass is 9.81. The van der Waals surface area contributed by atoms with Crippen LogP contribution in [0.4, 0.5) is 0 Å². The third-order valence-electron chi connectivity index (χ3n) is 3.23. The van der Waals surface area contributed by atoms with Gasteiger partial charge in [0, 0.05) is 6.04 Å². The molecule has 14 heavy (non-hydrogen) atoms. The molecule has 1 nitrogen and oxygen atoms in total. The Labute approximate surface area is 86.5 Å². The first-order valence-electron chi connectivity index (χ1n) is 5.47. The fourth-order valence-electron chi connectivity index (χ4n) is 2.51. The molecule has 0 radical (unpaired) electrons. The van der Waals surface area contributed by atoms with Crippen LogP contribution in [0.15, 0.2) is 18.2 Å². The average Bonchev–Trinajstić information content (AvgIpc) is 2.15. The van der Waals surface area contributed by atoms with Crippen LogP contribution in [0, 0.1) is 12.8 Å². The molecule has 2 atom stereocenters. The molecule has 1 aliphatic carbocycles. The van der Waals surface area contributed by atoms with Crippen LogP contribution in [0.2, 0.25) is 0 Å². The highest BCUT2D eigenvalue weighted by molar-refractivity contribution is 5.36. The summed E-state index contributed by atoms with van der Waals surface area (Å²) in [6.45, 7) is 4.52. The molecule has 0 saturated carbocycles. The molecular formula is C13H19N. The first kappa shape index (κ1) is 9.72. The summed E-state index contributed by atoms with van der Waals surface area (Å²) in [7, 11) is 2.06. The summed E-state index contributed by atoms with van der Waals surface area (Å²) >= 11 is 0. The van der Waals surface area contributed by atoms with E-state index in [1.165, 1.54) is 24.0 Å². The lowest BCUT2D eigenvalue weighted by molar-refractivity contribution is 0.399. The Kier molecular flexibility index (Phi) is 2.60. The van der Waals surface area contributed by atoms with Crippen molar-refractivity contribution in [3.05, 3.63) is 34.9 Å². The maximum Gasteiger partial charge on any atom is 0.0322 e. The van der Waals surface area contributed by atoms with Crippen molar-refractivity contribution < 1.29 is 0 Å². The molecule has 0 saturated heterocycles. The van der Waals surface area contributed by atoms with Gasteiger partial charge in [0.2, 0.25) is 0 Å². The number of aryl methyl sites for hydroxylation is 1. The predicted octanol–water partition coefficient (Wildman–Crippen LogP) is 2.84. The van der Waals surface area contributed by atoms with E-state index in [4.69, 9.17) is 0 Å². The third kappa shape index (κ3) is 1.69. The third-order valence-corrected chi connectivity index (χ3v) is 3.23. The van der Waals surface area contributed by atoms with Crippen LogP contribution >= 0.6 is 0 Å². The van der Waals surface area contributed by atoms with E-state index in [1.54, 1.807) is 5.56 Å². The Morgan fingerprint density at radius 3 is 2.86 bits per heavy atom. The Bertz CT molecular complexity index is 330. The highest BCUT2D eigenvalue weighted by Crippen LogP contribution is 2.33. The van der Waals surface area contributed by atoms with E-state index in [-0.39, 0.29) is 0 Å². The van der Waals surface area contributed by atoms with E-state index >= 15 is 0 Å². The van der Waals surface area contributed by atoms with Crippen molar-refractivity contribution in [1.29, 1.82) is 0 Å². The Morgan fingerprint density at radius 2 is 2.14 bits per heavy atom. The number of benzene rings is 1. The van der Waals surface area contributed by atoms with E-state index in [2.05, 4.69) is 44.4 Å². The molecule has 0 spiro atoms. The molecule has 0 aliphatic heterocycles. The Balaban J connectivity index is 2.40. The summed E-state index contributed by atoms with van der Waals surface area (Å²) in [6.07, 6.45) is 2.52. The zero-order valence-corrected chi connectivity index (χ0v) is 9.30. The van der Waals surface area contributed by atoms with Gasteiger partial charge in [0.1, 0.15) is 0 Å². The van der Waals surface area contributed by atoms with Crippen LogP contribution in [0.3, 0.4) is 0 Å². The molecule has 1 aromatic rings. The number of nitrogens with one attached hydrogen (secondary N) is 1. The molecule has 1 aromatic carbocycles. The Hall–Kier alpha value is -0.820. The lowest BCUT2D eigenvalue weighted by Crippen LogP contribution is -2.25. The summed E-state index contributed by atoms with van der Waals surface area (Å²) in [5.41, 5.74) is 4.44. The second-order valence-corrected chi connectivity index (χ2v) is 4.59. The largest absolute Gasteiger partial charge is 0.313 e. The maximum atomic E-state index is 3.41. The highest BCUT2D eigenvalue weighted by atomic mass is 14.9.